The first-order valence-corrected chi connectivity index (χ1v) is 7.77. The van der Waals surface area contributed by atoms with Gasteiger partial charge in [0.2, 0.25) is 0 Å². The van der Waals surface area contributed by atoms with Crippen molar-refractivity contribution in [1.82, 2.24) is 15.1 Å². The van der Waals surface area contributed by atoms with Crippen molar-refractivity contribution in [2.45, 2.75) is 12.5 Å². The molecule has 5 nitrogen and oxygen atoms in total. The molecule has 0 bridgehead atoms. The minimum absolute atomic E-state index is 0.176. The number of aromatic nitrogens is 3. The van der Waals surface area contributed by atoms with Crippen molar-refractivity contribution < 1.29 is 4.52 Å². The van der Waals surface area contributed by atoms with Crippen LogP contribution < -0.4 is 5.73 Å². The maximum Gasteiger partial charge on any atom is 0.185 e. The van der Waals surface area contributed by atoms with Crippen molar-refractivity contribution in [1.29, 1.82) is 0 Å². The van der Waals surface area contributed by atoms with Crippen LogP contribution in [0.25, 0.3) is 22.2 Å². The third-order valence-corrected chi connectivity index (χ3v) is 4.05. The molecule has 0 saturated heterocycles. The molecule has 4 aromatic rings. The summed E-state index contributed by atoms with van der Waals surface area (Å²) in [7, 11) is 0. The molecule has 3 heterocycles. The number of benzene rings is 1. The largest absolute Gasteiger partial charge is 0.354 e. The highest BCUT2D eigenvalue weighted by molar-refractivity contribution is 5.91. The second kappa shape index (κ2) is 6.22. The topological polar surface area (TPSA) is 77.8 Å². The molecule has 1 atom stereocenters. The molecule has 0 aliphatic heterocycles. The van der Waals surface area contributed by atoms with Crippen LogP contribution in [0.4, 0.5) is 0 Å². The number of nitrogens with two attached hydrogens (primary N) is 1. The number of hydrogen-bond acceptors (Lipinski definition) is 5. The first-order chi connectivity index (χ1) is 11.8. The molecule has 4 rings (SSSR count). The van der Waals surface area contributed by atoms with Crippen molar-refractivity contribution >= 4 is 11.0 Å². The van der Waals surface area contributed by atoms with E-state index in [9.17, 15) is 0 Å². The molecule has 0 unspecified atom stereocenters. The van der Waals surface area contributed by atoms with E-state index in [1.165, 1.54) is 0 Å². The molecule has 2 N–H and O–H groups in total. The van der Waals surface area contributed by atoms with Gasteiger partial charge in [-0.2, -0.15) is 0 Å². The van der Waals surface area contributed by atoms with Gasteiger partial charge in [-0.1, -0.05) is 35.5 Å². The SMILES string of the molecule is N[C@@H](Cc1ccccn1)c1ccccc1-c1noc2cnccc12. The molecule has 0 spiro atoms. The zero-order valence-corrected chi connectivity index (χ0v) is 13.0. The quantitative estimate of drug-likeness (QED) is 0.623. The molecule has 0 amide bonds. The lowest BCUT2D eigenvalue weighted by atomic mass is 9.94. The van der Waals surface area contributed by atoms with Crippen LogP contribution in [0, 0.1) is 0 Å². The molecular weight excluding hydrogens is 300 g/mol. The zero-order valence-electron chi connectivity index (χ0n) is 13.0. The minimum atomic E-state index is -0.176. The standard InChI is InChI=1S/C19H16N4O/c20-17(11-13-5-3-4-9-22-13)14-6-1-2-7-15(14)19-16-8-10-21-12-18(16)24-23-19/h1-10,12,17H,11,20H2/t17-/m0/s1. The summed E-state index contributed by atoms with van der Waals surface area (Å²) in [6, 6.07) is 15.6. The average Bonchev–Trinajstić information content (AvgIpc) is 3.06. The van der Waals surface area contributed by atoms with Crippen LogP contribution in [-0.2, 0) is 6.42 Å². The molecule has 0 saturated carbocycles. The van der Waals surface area contributed by atoms with Crippen LogP contribution in [0.2, 0.25) is 0 Å². The Bertz CT molecular complexity index is 965. The van der Waals surface area contributed by atoms with Gasteiger partial charge in [-0.05, 0) is 23.8 Å². The van der Waals surface area contributed by atoms with Gasteiger partial charge in [0.15, 0.2) is 5.58 Å². The van der Waals surface area contributed by atoms with Gasteiger partial charge < -0.3 is 10.3 Å². The Hall–Kier alpha value is -3.05. The van der Waals surface area contributed by atoms with Crippen molar-refractivity contribution in [3.8, 4) is 11.3 Å². The van der Waals surface area contributed by atoms with Gasteiger partial charge >= 0.3 is 0 Å². The molecule has 0 fully saturated rings. The molecule has 1 aromatic carbocycles. The predicted molar refractivity (Wildman–Crippen MR) is 92.1 cm³/mol. The fourth-order valence-electron chi connectivity index (χ4n) is 2.88. The summed E-state index contributed by atoms with van der Waals surface area (Å²) in [5.41, 5.74) is 10.9. The van der Waals surface area contributed by atoms with Crippen LogP contribution in [0.1, 0.15) is 17.3 Å². The molecule has 0 aliphatic carbocycles. The van der Waals surface area contributed by atoms with E-state index >= 15 is 0 Å². The fourth-order valence-corrected chi connectivity index (χ4v) is 2.88. The van der Waals surface area contributed by atoms with E-state index in [2.05, 4.69) is 15.1 Å². The summed E-state index contributed by atoms with van der Waals surface area (Å²) < 4.78 is 5.39. The van der Waals surface area contributed by atoms with Crippen molar-refractivity contribution in [3.63, 3.8) is 0 Å². The van der Waals surface area contributed by atoms with E-state index in [0.29, 0.717) is 12.0 Å². The lowest BCUT2D eigenvalue weighted by molar-refractivity contribution is 0.458. The van der Waals surface area contributed by atoms with Crippen LogP contribution in [0.5, 0.6) is 0 Å². The smallest absolute Gasteiger partial charge is 0.185 e. The predicted octanol–water partition coefficient (Wildman–Crippen LogP) is 3.53. The Morgan fingerprint density at radius 2 is 1.88 bits per heavy atom. The van der Waals surface area contributed by atoms with Crippen LogP contribution in [-0.4, -0.2) is 15.1 Å². The van der Waals surface area contributed by atoms with Gasteiger partial charge in [0, 0.05) is 36.1 Å². The number of hydrogen-bond donors (Lipinski definition) is 1. The van der Waals surface area contributed by atoms with Crippen LogP contribution >= 0.6 is 0 Å². The Labute approximate surface area is 139 Å². The van der Waals surface area contributed by atoms with E-state index in [4.69, 9.17) is 10.3 Å². The van der Waals surface area contributed by atoms with E-state index in [0.717, 1.165) is 27.9 Å². The first kappa shape index (κ1) is 14.5. The van der Waals surface area contributed by atoms with Gasteiger partial charge in [-0.25, -0.2) is 0 Å². The third kappa shape index (κ3) is 2.66. The minimum Gasteiger partial charge on any atom is -0.354 e. The molecule has 0 aliphatic rings. The summed E-state index contributed by atoms with van der Waals surface area (Å²) in [5, 5.41) is 5.16. The summed E-state index contributed by atoms with van der Waals surface area (Å²) in [6.07, 6.45) is 5.85. The van der Waals surface area contributed by atoms with Gasteiger partial charge in [-0.15, -0.1) is 0 Å². The van der Waals surface area contributed by atoms with Gasteiger partial charge in [0.25, 0.3) is 0 Å². The first-order valence-electron chi connectivity index (χ1n) is 7.77. The van der Waals surface area contributed by atoms with Crippen molar-refractivity contribution in [2.24, 2.45) is 5.73 Å². The zero-order chi connectivity index (χ0) is 16.4. The number of nitrogens with zero attached hydrogens (tertiary/aromatic N) is 3. The summed E-state index contributed by atoms with van der Waals surface area (Å²) in [5.74, 6) is 0. The van der Waals surface area contributed by atoms with Crippen molar-refractivity contribution in [3.05, 3.63) is 78.4 Å². The molecule has 24 heavy (non-hydrogen) atoms. The highest BCUT2D eigenvalue weighted by Gasteiger charge is 2.17. The maximum absolute atomic E-state index is 6.47. The van der Waals surface area contributed by atoms with E-state index in [1.54, 1.807) is 18.6 Å². The fraction of sp³-hybridized carbons (Fsp3) is 0.105. The van der Waals surface area contributed by atoms with Crippen LogP contribution in [0.15, 0.2) is 71.6 Å². The number of fused-ring (bicyclic) bond motifs is 1. The third-order valence-electron chi connectivity index (χ3n) is 4.05. The summed E-state index contributed by atoms with van der Waals surface area (Å²) in [6.45, 7) is 0. The highest BCUT2D eigenvalue weighted by atomic mass is 16.5. The van der Waals surface area contributed by atoms with Crippen LogP contribution in [0.3, 0.4) is 0 Å². The highest BCUT2D eigenvalue weighted by Crippen LogP contribution is 2.32. The number of pyridine rings is 2. The lowest BCUT2D eigenvalue weighted by Crippen LogP contribution is -2.15. The molecule has 3 aromatic heterocycles. The van der Waals surface area contributed by atoms with E-state index < -0.39 is 0 Å². The van der Waals surface area contributed by atoms with Gasteiger partial charge in [0.1, 0.15) is 5.69 Å². The summed E-state index contributed by atoms with van der Waals surface area (Å²) >= 11 is 0. The Kier molecular flexibility index (Phi) is 3.76. The Balaban J connectivity index is 1.75. The Morgan fingerprint density at radius 3 is 2.75 bits per heavy atom. The van der Waals surface area contributed by atoms with Gasteiger partial charge in [-0.3, -0.25) is 9.97 Å². The monoisotopic (exact) mass is 316 g/mol. The number of rotatable bonds is 4. The second-order valence-corrected chi connectivity index (χ2v) is 5.62. The lowest BCUT2D eigenvalue weighted by Gasteiger charge is -2.15. The maximum atomic E-state index is 6.47. The molecule has 5 heteroatoms. The molecule has 118 valence electrons. The average molecular weight is 316 g/mol. The normalized spacial score (nSPS) is 12.4. The van der Waals surface area contributed by atoms with Gasteiger partial charge in [0.05, 0.1) is 11.6 Å². The summed E-state index contributed by atoms with van der Waals surface area (Å²) in [4.78, 5) is 8.43. The molecular formula is C19H16N4O. The van der Waals surface area contributed by atoms with E-state index in [-0.39, 0.29) is 6.04 Å². The second-order valence-electron chi connectivity index (χ2n) is 5.62. The van der Waals surface area contributed by atoms with Crippen molar-refractivity contribution in [2.75, 3.05) is 0 Å². The Morgan fingerprint density at radius 1 is 1.00 bits per heavy atom. The molecule has 0 radical (unpaired) electrons. The van der Waals surface area contributed by atoms with E-state index in [1.807, 2.05) is 48.5 Å².